The minimum absolute atomic E-state index is 0.115. The van der Waals surface area contributed by atoms with Crippen LogP contribution in [0.4, 0.5) is 8.78 Å². The maximum atomic E-state index is 13.6. The van der Waals surface area contributed by atoms with Crippen LogP contribution >= 0.6 is 0 Å². The molecule has 0 aliphatic carbocycles. The van der Waals surface area contributed by atoms with Crippen LogP contribution < -0.4 is 4.74 Å². The van der Waals surface area contributed by atoms with E-state index in [9.17, 15) is 8.78 Å². The van der Waals surface area contributed by atoms with Gasteiger partial charge in [-0.15, -0.1) is 5.10 Å². The van der Waals surface area contributed by atoms with E-state index in [1.807, 2.05) is 19.1 Å². The van der Waals surface area contributed by atoms with Crippen molar-refractivity contribution in [3.63, 3.8) is 0 Å². The van der Waals surface area contributed by atoms with E-state index in [0.717, 1.165) is 23.8 Å². The number of ether oxygens (including phenoxy) is 1. The fourth-order valence-electron chi connectivity index (χ4n) is 2.29. The van der Waals surface area contributed by atoms with E-state index >= 15 is 0 Å². The number of nitrogens with one attached hydrogen (secondary N) is 1. The van der Waals surface area contributed by atoms with Crippen molar-refractivity contribution in [2.45, 2.75) is 13.5 Å². The van der Waals surface area contributed by atoms with Crippen LogP contribution in [-0.2, 0) is 6.61 Å². The van der Waals surface area contributed by atoms with Crippen LogP contribution in [0.15, 0.2) is 36.4 Å². The average Bonchev–Trinajstić information content (AvgIpc) is 3.04. The fraction of sp³-hybridized carbons (Fsp3) is 0.118. The van der Waals surface area contributed by atoms with Gasteiger partial charge in [0.05, 0.1) is 0 Å². The average molecular weight is 326 g/mol. The van der Waals surface area contributed by atoms with Crippen LogP contribution in [0.3, 0.4) is 0 Å². The van der Waals surface area contributed by atoms with Crippen molar-refractivity contribution in [2.24, 2.45) is 0 Å². The Hall–Kier alpha value is -3.27. The zero-order chi connectivity index (χ0) is 17.1. The number of halogens is 2. The second-order valence-electron chi connectivity index (χ2n) is 5.21. The Morgan fingerprint density at radius 1 is 1.21 bits per heavy atom. The number of benzene rings is 2. The molecule has 0 aliphatic rings. The smallest absolute Gasteiger partial charge is 0.163 e. The molecular weight excluding hydrogens is 314 g/mol. The monoisotopic (exact) mass is 326 g/mol. The lowest BCUT2D eigenvalue weighted by Gasteiger charge is -2.10. The summed E-state index contributed by atoms with van der Waals surface area (Å²) in [6.45, 7) is 1.74. The second-order valence-corrected chi connectivity index (χ2v) is 5.21. The van der Waals surface area contributed by atoms with E-state index in [1.54, 1.807) is 12.1 Å². The molecule has 1 aromatic heterocycles. The van der Waals surface area contributed by atoms with Gasteiger partial charge in [0.15, 0.2) is 5.69 Å². The van der Waals surface area contributed by atoms with Gasteiger partial charge in [0.2, 0.25) is 0 Å². The molecule has 3 rings (SSSR count). The lowest BCUT2D eigenvalue weighted by molar-refractivity contribution is 0.299. The Labute approximate surface area is 136 Å². The van der Waals surface area contributed by atoms with E-state index in [1.165, 1.54) is 0 Å². The summed E-state index contributed by atoms with van der Waals surface area (Å²) in [4.78, 5) is 0. The number of aromatic amines is 1. The van der Waals surface area contributed by atoms with Crippen molar-refractivity contribution >= 4 is 0 Å². The molecule has 5 nitrogen and oxygen atoms in total. The van der Waals surface area contributed by atoms with Crippen LogP contribution in [0.5, 0.6) is 5.75 Å². The molecule has 3 aromatic rings. The highest BCUT2D eigenvalue weighted by atomic mass is 19.1. The number of rotatable bonds is 4. The highest BCUT2D eigenvalue weighted by molar-refractivity contribution is 5.66. The lowest BCUT2D eigenvalue weighted by Crippen LogP contribution is -2.00. The number of nitriles is 1. The maximum Gasteiger partial charge on any atom is 0.163 e. The number of aryl methyl sites for hydroxylation is 1. The van der Waals surface area contributed by atoms with Crippen molar-refractivity contribution in [3.05, 3.63) is 64.9 Å². The van der Waals surface area contributed by atoms with Crippen LogP contribution in [0.2, 0.25) is 0 Å². The van der Waals surface area contributed by atoms with E-state index < -0.39 is 11.6 Å². The van der Waals surface area contributed by atoms with Gasteiger partial charge in [-0.1, -0.05) is 5.21 Å². The number of H-pyrrole nitrogens is 1. The molecule has 0 atom stereocenters. The van der Waals surface area contributed by atoms with Crippen LogP contribution in [0.25, 0.3) is 11.3 Å². The molecule has 0 fully saturated rings. The van der Waals surface area contributed by atoms with Gasteiger partial charge in [-0.3, -0.25) is 0 Å². The minimum Gasteiger partial charge on any atom is -0.489 e. The molecule has 0 aliphatic heterocycles. The minimum atomic E-state index is -0.535. The molecule has 0 amide bonds. The molecule has 0 unspecified atom stereocenters. The molecule has 0 radical (unpaired) electrons. The first-order chi connectivity index (χ1) is 11.6. The highest BCUT2D eigenvalue weighted by Crippen LogP contribution is 2.26. The molecule has 1 N–H and O–H groups in total. The van der Waals surface area contributed by atoms with Crippen molar-refractivity contribution in [2.75, 3.05) is 0 Å². The topological polar surface area (TPSA) is 74.6 Å². The first-order valence-corrected chi connectivity index (χ1v) is 7.07. The van der Waals surface area contributed by atoms with E-state index in [-0.39, 0.29) is 17.9 Å². The summed E-state index contributed by atoms with van der Waals surface area (Å²) >= 11 is 0. The van der Waals surface area contributed by atoms with Crippen molar-refractivity contribution in [1.29, 1.82) is 5.26 Å². The third-order valence-electron chi connectivity index (χ3n) is 3.39. The molecule has 0 saturated carbocycles. The summed E-state index contributed by atoms with van der Waals surface area (Å²) < 4.78 is 32.4. The molecule has 24 heavy (non-hydrogen) atoms. The van der Waals surface area contributed by atoms with Gasteiger partial charge >= 0.3 is 0 Å². The summed E-state index contributed by atoms with van der Waals surface area (Å²) in [6.07, 6.45) is 0. The van der Waals surface area contributed by atoms with Crippen LogP contribution in [0, 0.1) is 29.9 Å². The van der Waals surface area contributed by atoms with Crippen LogP contribution in [-0.4, -0.2) is 15.4 Å². The van der Waals surface area contributed by atoms with Gasteiger partial charge in [-0.2, -0.15) is 5.26 Å². The standard InChI is InChI=1S/C17H12F2N4O/c1-10-4-11(17-16(8-20)21-23-22-17)7-14(5-10)24-9-12-6-13(18)2-3-15(12)19/h2-7H,9H2,1H3,(H,21,22,23). The molecule has 120 valence electrons. The fourth-order valence-corrected chi connectivity index (χ4v) is 2.29. The van der Waals surface area contributed by atoms with Crippen molar-refractivity contribution in [1.82, 2.24) is 15.4 Å². The Bertz CT molecular complexity index is 931. The number of nitrogens with zero attached hydrogens (tertiary/aromatic N) is 3. The first-order valence-electron chi connectivity index (χ1n) is 7.07. The molecule has 0 saturated heterocycles. The summed E-state index contributed by atoms with van der Waals surface area (Å²) in [6, 6.07) is 10.4. The number of aromatic nitrogens is 3. The maximum absolute atomic E-state index is 13.6. The molecule has 7 heteroatoms. The van der Waals surface area contributed by atoms with Gasteiger partial charge in [-0.05, 0) is 48.9 Å². The van der Waals surface area contributed by atoms with Crippen molar-refractivity contribution in [3.8, 4) is 23.1 Å². The second kappa shape index (κ2) is 6.46. The van der Waals surface area contributed by atoms with E-state index in [2.05, 4.69) is 15.4 Å². The third kappa shape index (κ3) is 3.22. The summed E-state index contributed by atoms with van der Waals surface area (Å²) in [5.74, 6) is -0.603. The van der Waals surface area contributed by atoms with Gasteiger partial charge in [-0.25, -0.2) is 13.9 Å². The van der Waals surface area contributed by atoms with Crippen molar-refractivity contribution < 1.29 is 13.5 Å². The van der Waals surface area contributed by atoms with Gasteiger partial charge < -0.3 is 4.74 Å². The Kier molecular flexibility index (Phi) is 4.20. The van der Waals surface area contributed by atoms with Crippen LogP contribution in [0.1, 0.15) is 16.8 Å². The van der Waals surface area contributed by atoms with Gasteiger partial charge in [0.25, 0.3) is 0 Å². The molecule has 2 aromatic carbocycles. The molecule has 1 heterocycles. The largest absolute Gasteiger partial charge is 0.489 e. The SMILES string of the molecule is Cc1cc(OCc2cc(F)ccc2F)cc(-c2nn[nH]c2C#N)c1. The number of hydrogen-bond donors (Lipinski definition) is 1. The zero-order valence-electron chi connectivity index (χ0n) is 12.7. The predicted octanol–water partition coefficient (Wildman–Crippen LogP) is 3.51. The van der Waals surface area contributed by atoms with E-state index in [4.69, 9.17) is 10.00 Å². The summed E-state index contributed by atoms with van der Waals surface area (Å²) in [7, 11) is 0. The Morgan fingerprint density at radius 3 is 2.83 bits per heavy atom. The van der Waals surface area contributed by atoms with Gasteiger partial charge in [0.1, 0.15) is 35.8 Å². The lowest BCUT2D eigenvalue weighted by atomic mass is 10.1. The molecular formula is C17H12F2N4O. The Balaban J connectivity index is 1.87. The van der Waals surface area contributed by atoms with E-state index in [0.29, 0.717) is 17.0 Å². The molecule has 0 spiro atoms. The first kappa shape index (κ1) is 15.6. The summed E-state index contributed by atoms with van der Waals surface area (Å²) in [5.41, 5.74) is 2.28. The highest BCUT2D eigenvalue weighted by Gasteiger charge is 2.12. The quantitative estimate of drug-likeness (QED) is 0.796. The predicted molar refractivity (Wildman–Crippen MR) is 82.0 cm³/mol. The third-order valence-corrected chi connectivity index (χ3v) is 3.39. The number of hydrogen-bond acceptors (Lipinski definition) is 4. The van der Waals surface area contributed by atoms with Gasteiger partial charge in [0, 0.05) is 11.1 Å². The molecule has 0 bridgehead atoms. The normalized spacial score (nSPS) is 10.4. The Morgan fingerprint density at radius 2 is 2.04 bits per heavy atom. The summed E-state index contributed by atoms with van der Waals surface area (Å²) in [5, 5.41) is 19.1. The zero-order valence-corrected chi connectivity index (χ0v) is 12.7.